The van der Waals surface area contributed by atoms with Gasteiger partial charge in [-0.1, -0.05) is 0 Å². The van der Waals surface area contributed by atoms with Crippen LogP contribution in [0.5, 0.6) is 0 Å². The molecular weight excluding hydrogens is 274 g/mol. The molecule has 1 saturated heterocycles. The van der Waals surface area contributed by atoms with E-state index in [1.54, 1.807) is 31.5 Å². The van der Waals surface area contributed by atoms with Crippen molar-refractivity contribution >= 4 is 11.5 Å². The second kappa shape index (κ2) is 5.53. The van der Waals surface area contributed by atoms with Gasteiger partial charge in [0.1, 0.15) is 11.9 Å². The van der Waals surface area contributed by atoms with Gasteiger partial charge in [0, 0.05) is 18.3 Å². The summed E-state index contributed by atoms with van der Waals surface area (Å²) in [7, 11) is 0. The van der Waals surface area contributed by atoms with Crippen molar-refractivity contribution in [2.45, 2.75) is 13.0 Å². The zero-order chi connectivity index (χ0) is 14.8. The number of morpholine rings is 1. The van der Waals surface area contributed by atoms with Gasteiger partial charge >= 0.3 is 5.69 Å². The Morgan fingerprint density at radius 1 is 1.48 bits per heavy atom. The molecule has 1 aliphatic rings. The molecule has 0 aromatic carbocycles. The maximum atomic E-state index is 11.3. The van der Waals surface area contributed by atoms with Crippen LogP contribution >= 0.6 is 0 Å². The highest BCUT2D eigenvalue weighted by molar-refractivity contribution is 5.61. The summed E-state index contributed by atoms with van der Waals surface area (Å²) in [6.45, 7) is 3.23. The molecule has 0 radical (unpaired) electrons. The molecule has 0 amide bonds. The van der Waals surface area contributed by atoms with Gasteiger partial charge < -0.3 is 14.1 Å². The molecule has 3 rings (SSSR count). The van der Waals surface area contributed by atoms with Crippen molar-refractivity contribution in [2.75, 3.05) is 24.6 Å². The van der Waals surface area contributed by atoms with Crippen LogP contribution in [-0.4, -0.2) is 29.6 Å². The van der Waals surface area contributed by atoms with E-state index in [4.69, 9.17) is 9.15 Å². The summed E-state index contributed by atoms with van der Waals surface area (Å²) in [5.41, 5.74) is 0.656. The van der Waals surface area contributed by atoms with Crippen molar-refractivity contribution in [3.8, 4) is 0 Å². The lowest BCUT2D eigenvalue weighted by atomic mass is 10.2. The number of aryl methyl sites for hydroxylation is 1. The van der Waals surface area contributed by atoms with Crippen LogP contribution in [0, 0.1) is 17.0 Å². The van der Waals surface area contributed by atoms with Crippen molar-refractivity contribution < 1.29 is 14.1 Å². The van der Waals surface area contributed by atoms with Gasteiger partial charge in [0.25, 0.3) is 0 Å². The summed E-state index contributed by atoms with van der Waals surface area (Å²) in [6, 6.07) is 5.28. The topological polar surface area (TPSA) is 81.6 Å². The second-order valence-corrected chi connectivity index (χ2v) is 4.88. The monoisotopic (exact) mass is 289 g/mol. The number of hydrogen-bond donors (Lipinski definition) is 0. The van der Waals surface area contributed by atoms with E-state index in [9.17, 15) is 10.1 Å². The van der Waals surface area contributed by atoms with E-state index in [2.05, 4.69) is 4.98 Å². The quantitative estimate of drug-likeness (QED) is 0.637. The van der Waals surface area contributed by atoms with Crippen LogP contribution in [0.1, 0.15) is 17.4 Å². The Balaban J connectivity index is 1.90. The number of ether oxygens (including phenoxy) is 1. The fourth-order valence-electron chi connectivity index (χ4n) is 2.48. The molecule has 3 heterocycles. The first-order valence-electron chi connectivity index (χ1n) is 6.67. The Morgan fingerprint density at radius 2 is 2.33 bits per heavy atom. The third kappa shape index (κ3) is 2.59. The highest BCUT2D eigenvalue weighted by atomic mass is 16.6. The highest BCUT2D eigenvalue weighted by Crippen LogP contribution is 2.32. The maximum absolute atomic E-state index is 11.3. The SMILES string of the molecule is Cc1ccnc(N2CCOC(c3ccco3)C2)c1[N+](=O)[O-]. The zero-order valence-corrected chi connectivity index (χ0v) is 11.6. The van der Waals surface area contributed by atoms with Crippen LogP contribution in [0.4, 0.5) is 11.5 Å². The van der Waals surface area contributed by atoms with Crippen LogP contribution in [0.25, 0.3) is 0 Å². The molecule has 1 fully saturated rings. The third-order valence-corrected chi connectivity index (χ3v) is 3.52. The smallest absolute Gasteiger partial charge is 0.314 e. The molecule has 1 aliphatic heterocycles. The van der Waals surface area contributed by atoms with Gasteiger partial charge in [-0.15, -0.1) is 0 Å². The number of hydrogen-bond acceptors (Lipinski definition) is 6. The van der Waals surface area contributed by atoms with Crippen molar-refractivity contribution in [1.82, 2.24) is 4.98 Å². The van der Waals surface area contributed by atoms with Crippen molar-refractivity contribution in [1.29, 1.82) is 0 Å². The standard InChI is InChI=1S/C14H15N3O4/c1-10-4-5-15-14(13(10)17(18)19)16-6-8-21-12(9-16)11-3-2-7-20-11/h2-5,7,12H,6,8-9H2,1H3. The van der Waals surface area contributed by atoms with Gasteiger partial charge in [0.2, 0.25) is 5.82 Å². The molecule has 0 N–H and O–H groups in total. The van der Waals surface area contributed by atoms with Gasteiger partial charge in [0.15, 0.2) is 0 Å². The van der Waals surface area contributed by atoms with Gasteiger partial charge in [-0.05, 0) is 25.1 Å². The molecule has 0 bridgehead atoms. The summed E-state index contributed by atoms with van der Waals surface area (Å²) in [4.78, 5) is 17.0. The van der Waals surface area contributed by atoms with Crippen molar-refractivity contribution in [2.24, 2.45) is 0 Å². The highest BCUT2D eigenvalue weighted by Gasteiger charge is 2.30. The first-order valence-corrected chi connectivity index (χ1v) is 6.67. The lowest BCUT2D eigenvalue weighted by Gasteiger charge is -2.32. The van der Waals surface area contributed by atoms with E-state index >= 15 is 0 Å². The minimum Gasteiger partial charge on any atom is -0.467 e. The average molecular weight is 289 g/mol. The summed E-state index contributed by atoms with van der Waals surface area (Å²) < 4.78 is 11.0. The van der Waals surface area contributed by atoms with Crippen LogP contribution in [-0.2, 0) is 4.74 Å². The number of nitrogens with zero attached hydrogens (tertiary/aromatic N) is 3. The van der Waals surface area contributed by atoms with E-state index in [0.29, 0.717) is 31.1 Å². The van der Waals surface area contributed by atoms with Crippen molar-refractivity contribution in [3.63, 3.8) is 0 Å². The summed E-state index contributed by atoms with van der Waals surface area (Å²) in [6.07, 6.45) is 2.94. The number of anilines is 1. The third-order valence-electron chi connectivity index (χ3n) is 3.52. The van der Waals surface area contributed by atoms with Crippen LogP contribution in [0.3, 0.4) is 0 Å². The Bertz CT molecular complexity index is 642. The lowest BCUT2D eigenvalue weighted by molar-refractivity contribution is -0.384. The number of aromatic nitrogens is 1. The molecule has 7 heteroatoms. The molecule has 1 unspecified atom stereocenters. The maximum Gasteiger partial charge on any atom is 0.314 e. The zero-order valence-electron chi connectivity index (χ0n) is 11.6. The number of pyridine rings is 1. The van der Waals surface area contributed by atoms with Gasteiger partial charge in [-0.3, -0.25) is 10.1 Å². The molecule has 0 spiro atoms. The molecule has 0 saturated carbocycles. The molecule has 7 nitrogen and oxygen atoms in total. The molecule has 0 aliphatic carbocycles. The summed E-state index contributed by atoms with van der Waals surface area (Å²) >= 11 is 0. The van der Waals surface area contributed by atoms with E-state index in [0.717, 1.165) is 5.76 Å². The Morgan fingerprint density at radius 3 is 3.05 bits per heavy atom. The average Bonchev–Trinajstić information content (AvgIpc) is 3.01. The minimum atomic E-state index is -0.380. The van der Waals surface area contributed by atoms with Gasteiger partial charge in [-0.2, -0.15) is 0 Å². The molecule has 110 valence electrons. The largest absolute Gasteiger partial charge is 0.467 e. The molecule has 21 heavy (non-hydrogen) atoms. The first-order chi connectivity index (χ1) is 10.2. The normalized spacial score (nSPS) is 18.7. The van der Waals surface area contributed by atoms with Crippen LogP contribution in [0.2, 0.25) is 0 Å². The molecular formula is C14H15N3O4. The van der Waals surface area contributed by atoms with Crippen molar-refractivity contribution in [3.05, 3.63) is 52.1 Å². The predicted molar refractivity (Wildman–Crippen MR) is 75.2 cm³/mol. The van der Waals surface area contributed by atoms with Crippen LogP contribution in [0.15, 0.2) is 35.1 Å². The number of nitro groups is 1. The van der Waals surface area contributed by atoms with Gasteiger partial charge in [0.05, 0.1) is 24.3 Å². The minimum absolute atomic E-state index is 0.0533. The van der Waals surface area contributed by atoms with E-state index < -0.39 is 0 Å². The Labute approximate surface area is 121 Å². The number of rotatable bonds is 3. The summed E-state index contributed by atoms with van der Waals surface area (Å²) in [5, 5.41) is 11.3. The van der Waals surface area contributed by atoms with E-state index in [1.807, 2.05) is 11.0 Å². The molecule has 2 aromatic rings. The number of furan rings is 1. The molecule has 1 atom stereocenters. The fraction of sp³-hybridized carbons (Fsp3) is 0.357. The molecule has 2 aromatic heterocycles. The lowest BCUT2D eigenvalue weighted by Crippen LogP contribution is -2.39. The van der Waals surface area contributed by atoms with E-state index in [1.165, 1.54) is 0 Å². The Hall–Kier alpha value is -2.41. The predicted octanol–water partition coefficient (Wildman–Crippen LogP) is 2.47. The van der Waals surface area contributed by atoms with Gasteiger partial charge in [-0.25, -0.2) is 4.98 Å². The fourth-order valence-corrected chi connectivity index (χ4v) is 2.48. The van der Waals surface area contributed by atoms with E-state index in [-0.39, 0.29) is 16.7 Å². The summed E-state index contributed by atoms with van der Waals surface area (Å²) in [5.74, 6) is 1.11. The first kappa shape index (κ1) is 13.6. The second-order valence-electron chi connectivity index (χ2n) is 4.88. The Kier molecular flexibility index (Phi) is 3.57. The van der Waals surface area contributed by atoms with Crippen LogP contribution < -0.4 is 4.90 Å².